The first-order valence-electron chi connectivity index (χ1n) is 8.59. The van der Waals surface area contributed by atoms with Gasteiger partial charge in [-0.15, -0.1) is 0 Å². The molecule has 0 amide bonds. The van der Waals surface area contributed by atoms with Gasteiger partial charge in [-0.25, -0.2) is 4.98 Å². The van der Waals surface area contributed by atoms with E-state index < -0.39 is 0 Å². The van der Waals surface area contributed by atoms with Gasteiger partial charge in [0.25, 0.3) is 0 Å². The summed E-state index contributed by atoms with van der Waals surface area (Å²) in [5.41, 5.74) is 0.312. The van der Waals surface area contributed by atoms with Crippen LogP contribution in [0.15, 0.2) is 12.4 Å². The molecule has 0 aromatic carbocycles. The molecule has 4 aliphatic carbocycles. The zero-order valence-electron chi connectivity index (χ0n) is 12.9. The summed E-state index contributed by atoms with van der Waals surface area (Å²) in [6, 6.07) is 0. The summed E-state index contributed by atoms with van der Waals surface area (Å²) in [5, 5.41) is 7.12. The van der Waals surface area contributed by atoms with Gasteiger partial charge in [0, 0.05) is 12.1 Å². The predicted octanol–water partition coefficient (Wildman–Crippen LogP) is 3.68. The average molecular weight is 286 g/mol. The van der Waals surface area contributed by atoms with Crippen LogP contribution in [0.25, 0.3) is 0 Å². The Labute approximate surface area is 127 Å². The molecule has 2 N–H and O–H groups in total. The summed E-state index contributed by atoms with van der Waals surface area (Å²) >= 11 is 0. The normalized spacial score (nSPS) is 36.7. The van der Waals surface area contributed by atoms with Gasteiger partial charge in [0.1, 0.15) is 11.6 Å². The summed E-state index contributed by atoms with van der Waals surface area (Å²) in [7, 11) is 0. The van der Waals surface area contributed by atoms with E-state index in [2.05, 4.69) is 22.5 Å². The molecule has 0 saturated heterocycles. The number of nitrogens with one attached hydrogen (secondary N) is 2. The van der Waals surface area contributed by atoms with Crippen molar-refractivity contribution < 1.29 is 0 Å². The maximum Gasteiger partial charge on any atom is 0.147 e. The lowest BCUT2D eigenvalue weighted by Gasteiger charge is -2.57. The van der Waals surface area contributed by atoms with Crippen molar-refractivity contribution in [2.24, 2.45) is 17.8 Å². The third kappa shape index (κ3) is 2.60. The first kappa shape index (κ1) is 13.4. The van der Waals surface area contributed by atoms with E-state index in [0.717, 1.165) is 42.4 Å². The fourth-order valence-corrected chi connectivity index (χ4v) is 5.30. The Bertz CT molecular complexity index is 478. The molecule has 0 atom stereocenters. The van der Waals surface area contributed by atoms with E-state index in [1.54, 1.807) is 0 Å². The van der Waals surface area contributed by atoms with E-state index in [9.17, 15) is 0 Å². The minimum absolute atomic E-state index is 0.312. The lowest BCUT2D eigenvalue weighted by atomic mass is 9.53. The third-order valence-corrected chi connectivity index (χ3v) is 5.62. The quantitative estimate of drug-likeness (QED) is 0.867. The van der Waals surface area contributed by atoms with Crippen LogP contribution < -0.4 is 10.6 Å². The van der Waals surface area contributed by atoms with Gasteiger partial charge < -0.3 is 10.6 Å². The van der Waals surface area contributed by atoms with Crippen molar-refractivity contribution in [2.75, 3.05) is 17.2 Å². The van der Waals surface area contributed by atoms with Gasteiger partial charge in [0.2, 0.25) is 0 Å². The molecule has 1 heterocycles. The maximum atomic E-state index is 4.70. The minimum atomic E-state index is 0.312. The van der Waals surface area contributed by atoms with Crippen LogP contribution in [0.1, 0.15) is 51.9 Å². The zero-order valence-corrected chi connectivity index (χ0v) is 12.9. The molecule has 0 aliphatic heterocycles. The Morgan fingerprint density at radius 3 is 2.29 bits per heavy atom. The minimum Gasteiger partial charge on any atom is -0.369 e. The molecule has 0 spiro atoms. The molecule has 1 aromatic heterocycles. The molecular weight excluding hydrogens is 260 g/mol. The second-order valence-electron chi connectivity index (χ2n) is 7.54. The van der Waals surface area contributed by atoms with Crippen molar-refractivity contribution in [3.8, 4) is 0 Å². The molecule has 21 heavy (non-hydrogen) atoms. The molecule has 4 aliphatic rings. The summed E-state index contributed by atoms with van der Waals surface area (Å²) in [6.07, 6.45) is 13.3. The van der Waals surface area contributed by atoms with Crippen molar-refractivity contribution in [1.29, 1.82) is 0 Å². The van der Waals surface area contributed by atoms with Crippen LogP contribution in [0, 0.1) is 17.8 Å². The van der Waals surface area contributed by atoms with Crippen LogP contribution >= 0.6 is 0 Å². The second kappa shape index (κ2) is 5.15. The highest BCUT2D eigenvalue weighted by molar-refractivity contribution is 5.44. The molecule has 0 unspecified atom stereocenters. The highest BCUT2D eigenvalue weighted by Gasteiger charge is 2.51. The van der Waals surface area contributed by atoms with E-state index in [1.807, 2.05) is 12.4 Å². The van der Waals surface area contributed by atoms with Crippen LogP contribution in [0.4, 0.5) is 11.6 Å². The molecule has 4 saturated carbocycles. The van der Waals surface area contributed by atoms with Crippen molar-refractivity contribution in [3.63, 3.8) is 0 Å². The van der Waals surface area contributed by atoms with Crippen LogP contribution in [0.2, 0.25) is 0 Å². The SMILES string of the molecule is CCCNc1cncc(NC23CC4CC(CC(C4)C2)C3)n1. The van der Waals surface area contributed by atoms with E-state index in [1.165, 1.54) is 38.5 Å². The monoisotopic (exact) mass is 286 g/mol. The fraction of sp³-hybridized carbons (Fsp3) is 0.765. The van der Waals surface area contributed by atoms with E-state index in [4.69, 9.17) is 4.98 Å². The topological polar surface area (TPSA) is 49.8 Å². The van der Waals surface area contributed by atoms with Crippen LogP contribution in [-0.4, -0.2) is 22.1 Å². The van der Waals surface area contributed by atoms with Crippen molar-refractivity contribution in [3.05, 3.63) is 12.4 Å². The van der Waals surface area contributed by atoms with Gasteiger partial charge in [0.05, 0.1) is 12.4 Å². The van der Waals surface area contributed by atoms with Gasteiger partial charge in [-0.05, 0) is 62.7 Å². The number of hydrogen-bond acceptors (Lipinski definition) is 4. The van der Waals surface area contributed by atoms with E-state index >= 15 is 0 Å². The largest absolute Gasteiger partial charge is 0.369 e. The summed E-state index contributed by atoms with van der Waals surface area (Å²) in [6.45, 7) is 3.12. The Morgan fingerprint density at radius 1 is 1.05 bits per heavy atom. The average Bonchev–Trinajstić information content (AvgIpc) is 2.43. The lowest BCUT2D eigenvalue weighted by molar-refractivity contribution is 0.0105. The van der Waals surface area contributed by atoms with Crippen LogP contribution in [0.5, 0.6) is 0 Å². The van der Waals surface area contributed by atoms with E-state index in [0.29, 0.717) is 5.54 Å². The maximum absolute atomic E-state index is 4.70. The first-order chi connectivity index (χ1) is 10.2. The lowest BCUT2D eigenvalue weighted by Crippen LogP contribution is -2.54. The Morgan fingerprint density at radius 2 is 1.67 bits per heavy atom. The number of rotatable bonds is 5. The van der Waals surface area contributed by atoms with Gasteiger partial charge in [-0.1, -0.05) is 6.92 Å². The highest BCUT2D eigenvalue weighted by atomic mass is 15.1. The Kier molecular flexibility index (Phi) is 3.27. The van der Waals surface area contributed by atoms with E-state index in [-0.39, 0.29) is 0 Å². The Balaban J connectivity index is 1.50. The number of nitrogens with zero attached hydrogens (tertiary/aromatic N) is 2. The summed E-state index contributed by atoms with van der Waals surface area (Å²) in [4.78, 5) is 9.05. The molecule has 4 bridgehead atoms. The van der Waals surface area contributed by atoms with Crippen molar-refractivity contribution in [1.82, 2.24) is 9.97 Å². The molecule has 1 aromatic rings. The van der Waals surface area contributed by atoms with Gasteiger partial charge in [-0.3, -0.25) is 4.98 Å². The molecular formula is C17H26N4. The third-order valence-electron chi connectivity index (χ3n) is 5.62. The van der Waals surface area contributed by atoms with Crippen molar-refractivity contribution in [2.45, 2.75) is 57.4 Å². The number of anilines is 2. The molecule has 114 valence electrons. The predicted molar refractivity (Wildman–Crippen MR) is 85.3 cm³/mol. The molecule has 4 fully saturated rings. The van der Waals surface area contributed by atoms with Gasteiger partial charge >= 0.3 is 0 Å². The zero-order chi connectivity index (χ0) is 14.3. The molecule has 0 radical (unpaired) electrons. The molecule has 4 heteroatoms. The standard InChI is InChI=1S/C17H26N4/c1-2-3-19-15-10-18-11-16(20-15)21-17-7-12-4-13(8-17)6-14(5-12)9-17/h10-14H,2-9H2,1H3,(H2,19,20,21). The molecule has 5 rings (SSSR count). The smallest absolute Gasteiger partial charge is 0.147 e. The highest BCUT2D eigenvalue weighted by Crippen LogP contribution is 2.56. The fourth-order valence-electron chi connectivity index (χ4n) is 5.30. The number of aromatic nitrogens is 2. The van der Waals surface area contributed by atoms with Gasteiger partial charge in [0.15, 0.2) is 0 Å². The summed E-state index contributed by atoms with van der Waals surface area (Å²) < 4.78 is 0. The van der Waals surface area contributed by atoms with Crippen LogP contribution in [0.3, 0.4) is 0 Å². The number of hydrogen-bond donors (Lipinski definition) is 2. The first-order valence-corrected chi connectivity index (χ1v) is 8.59. The summed E-state index contributed by atoms with van der Waals surface area (Å²) in [5.74, 6) is 4.72. The van der Waals surface area contributed by atoms with Crippen LogP contribution in [-0.2, 0) is 0 Å². The molecule has 4 nitrogen and oxygen atoms in total. The van der Waals surface area contributed by atoms with Gasteiger partial charge in [-0.2, -0.15) is 0 Å². The van der Waals surface area contributed by atoms with Crippen molar-refractivity contribution >= 4 is 11.6 Å². The second-order valence-corrected chi connectivity index (χ2v) is 7.54. The Hall–Kier alpha value is -1.32.